The zero-order valence-corrected chi connectivity index (χ0v) is 10.5. The summed E-state index contributed by atoms with van der Waals surface area (Å²) in [5.41, 5.74) is 1.46. The van der Waals surface area contributed by atoms with Crippen molar-refractivity contribution in [1.29, 1.82) is 0 Å². The van der Waals surface area contributed by atoms with Gasteiger partial charge in [0.05, 0.1) is 0 Å². The Labute approximate surface area is 105 Å². The third-order valence-corrected chi connectivity index (χ3v) is 3.31. The molecule has 0 aliphatic carbocycles. The molecule has 2 rings (SSSR count). The van der Waals surface area contributed by atoms with E-state index in [2.05, 4.69) is 22.1 Å². The Hall–Kier alpha value is -1.39. The van der Waals surface area contributed by atoms with Crippen LogP contribution >= 0.6 is 11.3 Å². The summed E-state index contributed by atoms with van der Waals surface area (Å²) in [7, 11) is 0. The van der Waals surface area contributed by atoms with Crippen LogP contribution < -0.4 is 10.7 Å². The number of nitrogens with one attached hydrogen (secondary N) is 1. The maximum atomic E-state index is 10.9. The van der Waals surface area contributed by atoms with Gasteiger partial charge in [-0.15, -0.1) is 0 Å². The highest BCUT2D eigenvalue weighted by Crippen LogP contribution is 2.05. The largest absolute Gasteiger partial charge is 0.353 e. The second kappa shape index (κ2) is 6.37. The molecule has 0 atom stereocenters. The highest BCUT2D eigenvalue weighted by atomic mass is 32.1. The van der Waals surface area contributed by atoms with Crippen LogP contribution in [-0.2, 0) is 13.0 Å². The van der Waals surface area contributed by atoms with Crippen molar-refractivity contribution in [2.24, 2.45) is 0 Å². The molecule has 17 heavy (non-hydrogen) atoms. The summed E-state index contributed by atoms with van der Waals surface area (Å²) in [5, 5.41) is 7.68. The van der Waals surface area contributed by atoms with E-state index in [1.807, 2.05) is 17.0 Å². The first-order valence-corrected chi connectivity index (χ1v) is 6.67. The molecule has 0 bridgehead atoms. The molecule has 0 fully saturated rings. The number of thiophene rings is 1. The predicted molar refractivity (Wildman–Crippen MR) is 71.6 cm³/mol. The summed E-state index contributed by atoms with van der Waals surface area (Å²) in [5.74, 6) is 0. The molecule has 0 amide bonds. The average molecular weight is 248 g/mol. The van der Waals surface area contributed by atoms with Gasteiger partial charge >= 0.3 is 0 Å². The summed E-state index contributed by atoms with van der Waals surface area (Å²) < 4.78 is 2.01. The minimum absolute atomic E-state index is 0.0617. The summed E-state index contributed by atoms with van der Waals surface area (Å²) >= 11 is 1.74. The van der Waals surface area contributed by atoms with E-state index in [1.165, 1.54) is 5.56 Å². The number of rotatable bonds is 6. The Balaban J connectivity index is 1.63. The van der Waals surface area contributed by atoms with E-state index in [4.69, 9.17) is 0 Å². The molecule has 2 heterocycles. The minimum Gasteiger partial charge on any atom is -0.353 e. The Morgan fingerprint density at radius 1 is 1.18 bits per heavy atom. The number of hydrogen-bond acceptors (Lipinski definition) is 3. The van der Waals surface area contributed by atoms with Crippen molar-refractivity contribution in [1.82, 2.24) is 9.88 Å². The van der Waals surface area contributed by atoms with Crippen LogP contribution in [0.25, 0.3) is 0 Å². The fourth-order valence-electron chi connectivity index (χ4n) is 1.59. The average Bonchev–Trinajstić information content (AvgIpc) is 2.84. The molecule has 90 valence electrons. The van der Waals surface area contributed by atoms with Gasteiger partial charge in [-0.05, 0) is 35.4 Å². The van der Waals surface area contributed by atoms with E-state index in [0.717, 1.165) is 26.1 Å². The molecule has 0 radical (unpaired) electrons. The third kappa shape index (κ3) is 4.17. The van der Waals surface area contributed by atoms with Crippen LogP contribution in [0.15, 0.2) is 46.1 Å². The molecule has 3 nitrogen and oxygen atoms in total. The van der Waals surface area contributed by atoms with Crippen LogP contribution in [0.2, 0.25) is 0 Å². The van der Waals surface area contributed by atoms with Gasteiger partial charge in [0.2, 0.25) is 0 Å². The van der Waals surface area contributed by atoms with Gasteiger partial charge in [0.25, 0.3) is 0 Å². The molecule has 0 aliphatic rings. The molecule has 1 N–H and O–H groups in total. The first-order chi connectivity index (χ1) is 8.34. The van der Waals surface area contributed by atoms with Crippen molar-refractivity contribution in [3.05, 3.63) is 57.1 Å². The van der Waals surface area contributed by atoms with Gasteiger partial charge in [0, 0.05) is 37.6 Å². The SMILES string of the molecule is O=c1ccn(CCNCCc2ccsc2)cc1. The standard InChI is InChI=1S/C13H16N2OS/c16-13-2-7-15(8-3-13)9-6-14-5-1-12-4-10-17-11-12/h2-4,7-8,10-11,14H,1,5-6,9H2. The van der Waals surface area contributed by atoms with Gasteiger partial charge in [0.1, 0.15) is 0 Å². The molecular weight excluding hydrogens is 232 g/mol. The van der Waals surface area contributed by atoms with Crippen molar-refractivity contribution < 1.29 is 0 Å². The summed E-state index contributed by atoms with van der Waals surface area (Å²) in [6, 6.07) is 5.34. The van der Waals surface area contributed by atoms with Gasteiger partial charge in [-0.2, -0.15) is 11.3 Å². The molecule has 0 aliphatic heterocycles. The lowest BCUT2D eigenvalue weighted by Gasteiger charge is -2.06. The van der Waals surface area contributed by atoms with Gasteiger partial charge in [-0.25, -0.2) is 0 Å². The number of pyridine rings is 1. The normalized spacial score (nSPS) is 10.6. The van der Waals surface area contributed by atoms with E-state index in [1.54, 1.807) is 23.5 Å². The molecule has 0 aromatic carbocycles. The smallest absolute Gasteiger partial charge is 0.181 e. The Morgan fingerprint density at radius 2 is 2.00 bits per heavy atom. The maximum Gasteiger partial charge on any atom is 0.181 e. The lowest BCUT2D eigenvalue weighted by atomic mass is 10.2. The fourth-order valence-corrected chi connectivity index (χ4v) is 2.30. The van der Waals surface area contributed by atoms with Crippen LogP contribution in [0.1, 0.15) is 5.56 Å². The zero-order chi connectivity index (χ0) is 11.9. The van der Waals surface area contributed by atoms with Crippen molar-refractivity contribution in [3.8, 4) is 0 Å². The van der Waals surface area contributed by atoms with Gasteiger partial charge in [-0.3, -0.25) is 4.79 Å². The van der Waals surface area contributed by atoms with Crippen LogP contribution in [-0.4, -0.2) is 17.7 Å². The van der Waals surface area contributed by atoms with Crippen molar-refractivity contribution in [2.45, 2.75) is 13.0 Å². The van der Waals surface area contributed by atoms with Crippen LogP contribution in [0.5, 0.6) is 0 Å². The van der Waals surface area contributed by atoms with Gasteiger partial charge in [0.15, 0.2) is 5.43 Å². The van der Waals surface area contributed by atoms with Crippen molar-refractivity contribution in [2.75, 3.05) is 13.1 Å². The lowest BCUT2D eigenvalue weighted by Crippen LogP contribution is -2.22. The third-order valence-electron chi connectivity index (χ3n) is 2.58. The van der Waals surface area contributed by atoms with Crippen LogP contribution in [0.4, 0.5) is 0 Å². The van der Waals surface area contributed by atoms with Gasteiger partial charge in [-0.1, -0.05) is 0 Å². The molecule has 2 aromatic heterocycles. The summed E-state index contributed by atoms with van der Waals surface area (Å²) in [6.07, 6.45) is 4.72. The molecule has 0 saturated heterocycles. The van der Waals surface area contributed by atoms with Gasteiger partial charge < -0.3 is 9.88 Å². The minimum atomic E-state index is 0.0617. The monoisotopic (exact) mass is 248 g/mol. The first-order valence-electron chi connectivity index (χ1n) is 5.72. The molecular formula is C13H16N2OS. The van der Waals surface area contributed by atoms with E-state index in [0.29, 0.717) is 0 Å². The molecule has 4 heteroatoms. The first kappa shape index (κ1) is 12.1. The van der Waals surface area contributed by atoms with E-state index >= 15 is 0 Å². The summed E-state index contributed by atoms with van der Waals surface area (Å²) in [6.45, 7) is 2.81. The zero-order valence-electron chi connectivity index (χ0n) is 9.63. The van der Waals surface area contributed by atoms with E-state index < -0.39 is 0 Å². The number of hydrogen-bond donors (Lipinski definition) is 1. The fraction of sp³-hybridized carbons (Fsp3) is 0.308. The van der Waals surface area contributed by atoms with Crippen molar-refractivity contribution in [3.63, 3.8) is 0 Å². The Bertz CT molecular complexity index is 470. The maximum absolute atomic E-state index is 10.9. The van der Waals surface area contributed by atoms with Crippen LogP contribution in [0.3, 0.4) is 0 Å². The Morgan fingerprint density at radius 3 is 2.71 bits per heavy atom. The number of nitrogens with zero attached hydrogens (tertiary/aromatic N) is 1. The highest BCUT2D eigenvalue weighted by molar-refractivity contribution is 7.07. The summed E-state index contributed by atoms with van der Waals surface area (Å²) in [4.78, 5) is 10.9. The van der Waals surface area contributed by atoms with Crippen molar-refractivity contribution >= 4 is 11.3 Å². The molecule has 0 saturated carbocycles. The second-order valence-electron chi connectivity index (χ2n) is 3.90. The highest BCUT2D eigenvalue weighted by Gasteiger charge is 1.93. The topological polar surface area (TPSA) is 34.0 Å². The van der Waals surface area contributed by atoms with E-state index in [9.17, 15) is 4.79 Å². The predicted octanol–water partition coefficient (Wildman–Crippen LogP) is 1.74. The molecule has 0 spiro atoms. The molecule has 0 unspecified atom stereocenters. The molecule has 2 aromatic rings. The van der Waals surface area contributed by atoms with E-state index in [-0.39, 0.29) is 5.43 Å². The second-order valence-corrected chi connectivity index (χ2v) is 4.68. The number of aromatic nitrogens is 1. The Kier molecular flexibility index (Phi) is 4.53. The lowest BCUT2D eigenvalue weighted by molar-refractivity contribution is 0.596. The quantitative estimate of drug-likeness (QED) is 0.790. The van der Waals surface area contributed by atoms with Crippen LogP contribution in [0, 0.1) is 0 Å².